The van der Waals surface area contributed by atoms with Crippen molar-refractivity contribution in [1.29, 1.82) is 0 Å². The maximum atomic E-state index is 13.0. The van der Waals surface area contributed by atoms with Gasteiger partial charge >= 0.3 is 5.97 Å². The molecule has 2 heterocycles. The first kappa shape index (κ1) is 20.0. The summed E-state index contributed by atoms with van der Waals surface area (Å²) in [7, 11) is 0. The average molecular weight is 425 g/mol. The van der Waals surface area contributed by atoms with E-state index in [1.807, 2.05) is 31.2 Å². The molecular formula is C23H18ClFN2O3. The molecule has 4 aromatic rings. The Kier molecular flexibility index (Phi) is 5.77. The van der Waals surface area contributed by atoms with Crippen LogP contribution in [0.15, 0.2) is 59.1 Å². The zero-order valence-corrected chi connectivity index (χ0v) is 16.9. The molecule has 0 bridgehead atoms. The van der Waals surface area contributed by atoms with E-state index in [0.717, 1.165) is 16.5 Å². The largest absolute Gasteiger partial charge is 0.459 e. The van der Waals surface area contributed by atoms with E-state index in [4.69, 9.17) is 20.8 Å². The van der Waals surface area contributed by atoms with Crippen LogP contribution in [0.3, 0.4) is 0 Å². The van der Waals surface area contributed by atoms with Gasteiger partial charge in [0.25, 0.3) is 0 Å². The lowest BCUT2D eigenvalue weighted by Crippen LogP contribution is -2.08. The van der Waals surface area contributed by atoms with Crippen molar-refractivity contribution in [3.63, 3.8) is 0 Å². The summed E-state index contributed by atoms with van der Waals surface area (Å²) in [5.74, 6) is 0.197. The molecule has 5 nitrogen and oxygen atoms in total. The standard InChI is InChI=1S/C23H18ClFN2O3/c1-14-17-4-2-3-5-18(17)27-19(23(14)24)13-29-22(28)11-10-21-26-12-20(30-21)15-6-8-16(25)9-7-15/h2-9,12H,10-11,13H2,1H3. The van der Waals surface area contributed by atoms with Crippen LogP contribution in [0.5, 0.6) is 0 Å². The van der Waals surface area contributed by atoms with Gasteiger partial charge in [0.1, 0.15) is 12.4 Å². The van der Waals surface area contributed by atoms with E-state index in [2.05, 4.69) is 9.97 Å². The van der Waals surface area contributed by atoms with Gasteiger partial charge in [-0.15, -0.1) is 0 Å². The van der Waals surface area contributed by atoms with Gasteiger partial charge in [-0.25, -0.2) is 14.4 Å². The molecular weight excluding hydrogens is 407 g/mol. The molecule has 0 saturated carbocycles. The Labute approximate surface area is 177 Å². The summed E-state index contributed by atoms with van der Waals surface area (Å²) in [6.45, 7) is 1.91. The molecule has 0 aliphatic rings. The van der Waals surface area contributed by atoms with Gasteiger partial charge < -0.3 is 9.15 Å². The zero-order valence-electron chi connectivity index (χ0n) is 16.2. The number of ether oxygens (including phenoxy) is 1. The zero-order chi connectivity index (χ0) is 21.1. The van der Waals surface area contributed by atoms with Gasteiger partial charge in [-0.1, -0.05) is 29.8 Å². The third-order valence-corrected chi connectivity index (χ3v) is 5.24. The van der Waals surface area contributed by atoms with Crippen LogP contribution < -0.4 is 0 Å². The Morgan fingerprint density at radius 3 is 2.73 bits per heavy atom. The summed E-state index contributed by atoms with van der Waals surface area (Å²) in [5.41, 5.74) is 2.95. The molecule has 152 valence electrons. The molecule has 0 fully saturated rings. The summed E-state index contributed by atoms with van der Waals surface area (Å²) in [6, 6.07) is 13.6. The molecule has 0 amide bonds. The van der Waals surface area contributed by atoms with Gasteiger partial charge in [0.15, 0.2) is 11.7 Å². The number of oxazole rings is 1. The van der Waals surface area contributed by atoms with Gasteiger partial charge in [0.2, 0.25) is 0 Å². The number of benzene rings is 2. The number of nitrogens with zero attached hydrogens (tertiary/aromatic N) is 2. The van der Waals surface area contributed by atoms with E-state index in [9.17, 15) is 9.18 Å². The number of rotatable bonds is 6. The van der Waals surface area contributed by atoms with Crippen molar-refractivity contribution in [1.82, 2.24) is 9.97 Å². The van der Waals surface area contributed by atoms with Crippen molar-refractivity contribution in [3.05, 3.63) is 82.7 Å². The third-order valence-electron chi connectivity index (χ3n) is 4.74. The summed E-state index contributed by atoms with van der Waals surface area (Å²) in [4.78, 5) is 20.8. The number of esters is 1. The second-order valence-corrected chi connectivity index (χ2v) is 7.18. The fourth-order valence-corrected chi connectivity index (χ4v) is 3.32. The second kappa shape index (κ2) is 8.63. The summed E-state index contributed by atoms with van der Waals surface area (Å²) in [5, 5.41) is 1.47. The van der Waals surface area contributed by atoms with Crippen LogP contribution in [0.4, 0.5) is 4.39 Å². The smallest absolute Gasteiger partial charge is 0.306 e. The Morgan fingerprint density at radius 2 is 1.93 bits per heavy atom. The van der Waals surface area contributed by atoms with Crippen LogP contribution in [-0.2, 0) is 22.6 Å². The number of hydrogen-bond acceptors (Lipinski definition) is 5. The second-order valence-electron chi connectivity index (χ2n) is 6.80. The van der Waals surface area contributed by atoms with E-state index in [1.54, 1.807) is 18.3 Å². The van der Waals surface area contributed by atoms with Crippen molar-refractivity contribution < 1.29 is 18.3 Å². The molecule has 2 aromatic heterocycles. The van der Waals surface area contributed by atoms with Crippen molar-refractivity contribution in [2.45, 2.75) is 26.4 Å². The first-order chi connectivity index (χ1) is 14.5. The summed E-state index contributed by atoms with van der Waals surface area (Å²) in [6.07, 6.45) is 1.95. The molecule has 7 heteroatoms. The molecule has 0 N–H and O–H groups in total. The first-order valence-electron chi connectivity index (χ1n) is 9.41. The van der Waals surface area contributed by atoms with Crippen LogP contribution in [0, 0.1) is 12.7 Å². The van der Waals surface area contributed by atoms with Crippen molar-refractivity contribution in [2.75, 3.05) is 0 Å². The Bertz CT molecular complexity index is 1210. The van der Waals surface area contributed by atoms with Crippen molar-refractivity contribution in [2.24, 2.45) is 0 Å². The number of hydrogen-bond donors (Lipinski definition) is 0. The van der Waals surface area contributed by atoms with Crippen LogP contribution in [0.1, 0.15) is 23.6 Å². The highest BCUT2D eigenvalue weighted by Crippen LogP contribution is 2.27. The number of fused-ring (bicyclic) bond motifs is 1. The van der Waals surface area contributed by atoms with E-state index in [-0.39, 0.29) is 25.3 Å². The van der Waals surface area contributed by atoms with Gasteiger partial charge in [-0.3, -0.25) is 4.79 Å². The maximum absolute atomic E-state index is 13.0. The minimum absolute atomic E-state index is 0.00421. The van der Waals surface area contributed by atoms with E-state index in [1.165, 1.54) is 12.1 Å². The minimum atomic E-state index is -0.403. The van der Waals surface area contributed by atoms with E-state index in [0.29, 0.717) is 27.9 Å². The molecule has 0 atom stereocenters. The highest BCUT2D eigenvalue weighted by molar-refractivity contribution is 6.32. The number of para-hydroxylation sites is 1. The van der Waals surface area contributed by atoms with Crippen molar-refractivity contribution in [3.8, 4) is 11.3 Å². The predicted molar refractivity (Wildman–Crippen MR) is 112 cm³/mol. The lowest BCUT2D eigenvalue weighted by molar-refractivity contribution is -0.145. The molecule has 0 aliphatic heterocycles. The number of aromatic nitrogens is 2. The molecule has 30 heavy (non-hydrogen) atoms. The summed E-state index contributed by atoms with van der Waals surface area (Å²) < 4.78 is 24.0. The monoisotopic (exact) mass is 424 g/mol. The number of halogens is 2. The number of pyridine rings is 1. The lowest BCUT2D eigenvalue weighted by Gasteiger charge is -2.10. The topological polar surface area (TPSA) is 65.2 Å². The first-order valence-corrected chi connectivity index (χ1v) is 9.79. The van der Waals surface area contributed by atoms with Crippen LogP contribution in [-0.4, -0.2) is 15.9 Å². The lowest BCUT2D eigenvalue weighted by atomic mass is 10.1. The number of carbonyl (C=O) groups excluding carboxylic acids is 1. The molecule has 4 rings (SSSR count). The fraction of sp³-hybridized carbons (Fsp3) is 0.174. The normalized spacial score (nSPS) is 11.0. The number of carbonyl (C=O) groups is 1. The maximum Gasteiger partial charge on any atom is 0.306 e. The SMILES string of the molecule is Cc1c(Cl)c(COC(=O)CCc2ncc(-c3ccc(F)cc3)o2)nc2ccccc12. The minimum Gasteiger partial charge on any atom is -0.459 e. The Balaban J connectivity index is 1.35. The average Bonchev–Trinajstić information content (AvgIpc) is 3.23. The highest BCUT2D eigenvalue weighted by Gasteiger charge is 2.14. The summed E-state index contributed by atoms with van der Waals surface area (Å²) >= 11 is 6.40. The molecule has 0 unspecified atom stereocenters. The molecule has 0 aliphatic carbocycles. The Morgan fingerprint density at radius 1 is 1.17 bits per heavy atom. The van der Waals surface area contributed by atoms with Gasteiger partial charge in [0.05, 0.1) is 28.9 Å². The Hall–Kier alpha value is -3.25. The van der Waals surface area contributed by atoms with Crippen LogP contribution >= 0.6 is 11.6 Å². The van der Waals surface area contributed by atoms with Crippen LogP contribution in [0.2, 0.25) is 5.02 Å². The molecule has 0 radical (unpaired) electrons. The quantitative estimate of drug-likeness (QED) is 0.373. The number of aryl methyl sites for hydroxylation is 2. The van der Waals surface area contributed by atoms with Gasteiger partial charge in [0, 0.05) is 17.4 Å². The molecule has 0 saturated heterocycles. The molecule has 2 aromatic carbocycles. The third kappa shape index (κ3) is 4.33. The predicted octanol–water partition coefficient (Wildman–Crippen LogP) is 5.67. The van der Waals surface area contributed by atoms with Gasteiger partial charge in [-0.2, -0.15) is 0 Å². The van der Waals surface area contributed by atoms with Gasteiger partial charge in [-0.05, 0) is 42.8 Å². The highest BCUT2D eigenvalue weighted by atomic mass is 35.5. The van der Waals surface area contributed by atoms with Crippen molar-refractivity contribution >= 4 is 28.5 Å². The van der Waals surface area contributed by atoms with Crippen LogP contribution in [0.25, 0.3) is 22.2 Å². The fourth-order valence-electron chi connectivity index (χ4n) is 3.12. The molecule has 0 spiro atoms. The van der Waals surface area contributed by atoms with E-state index < -0.39 is 5.97 Å². The van der Waals surface area contributed by atoms with E-state index >= 15 is 0 Å².